The van der Waals surface area contributed by atoms with Gasteiger partial charge in [-0.2, -0.15) is 0 Å². The molecule has 0 amide bonds. The number of nitrogens with zero attached hydrogens (tertiary/aromatic N) is 2. The van der Waals surface area contributed by atoms with Gasteiger partial charge in [-0.15, -0.1) is 0 Å². The zero-order valence-electron chi connectivity index (χ0n) is 11.5. The molecule has 1 rings (SSSR count). The van der Waals surface area contributed by atoms with Crippen LogP contribution in [-0.2, 0) is 19.1 Å². The lowest BCUT2D eigenvalue weighted by molar-refractivity contribution is -0.146. The summed E-state index contributed by atoms with van der Waals surface area (Å²) in [5.74, 6) is -1.04. The molecule has 0 fully saturated rings. The van der Waals surface area contributed by atoms with Crippen molar-refractivity contribution in [3.05, 3.63) is 30.9 Å². The Kier molecular flexibility index (Phi) is 6.02. The van der Waals surface area contributed by atoms with Crippen LogP contribution in [0.25, 0.3) is 6.20 Å². The van der Waals surface area contributed by atoms with Crippen LogP contribution in [0.4, 0.5) is 5.82 Å². The van der Waals surface area contributed by atoms with Crippen LogP contribution in [0, 0.1) is 0 Å². The summed E-state index contributed by atoms with van der Waals surface area (Å²) >= 11 is 0. The molecule has 0 aliphatic rings. The van der Waals surface area contributed by atoms with Crippen molar-refractivity contribution in [1.29, 1.82) is 0 Å². The molecule has 0 radical (unpaired) electrons. The second-order valence-corrected chi connectivity index (χ2v) is 3.53. The van der Waals surface area contributed by atoms with E-state index in [9.17, 15) is 9.59 Å². The van der Waals surface area contributed by atoms with E-state index >= 15 is 0 Å². The van der Waals surface area contributed by atoms with Gasteiger partial charge in [0.25, 0.3) is 0 Å². The topological polar surface area (TPSA) is 82.5 Å². The minimum atomic E-state index is -0.749. The fourth-order valence-electron chi connectivity index (χ4n) is 1.28. The highest BCUT2D eigenvalue weighted by Crippen LogP contribution is 2.07. The maximum atomic E-state index is 11.7. The van der Waals surface area contributed by atoms with Gasteiger partial charge in [-0.1, -0.05) is 6.58 Å². The summed E-state index contributed by atoms with van der Waals surface area (Å²) < 4.78 is 11.2. The number of rotatable bonds is 7. The molecule has 0 aliphatic carbocycles. The number of anilines is 1. The van der Waals surface area contributed by atoms with E-state index in [-0.39, 0.29) is 18.8 Å². The van der Waals surface area contributed by atoms with Crippen LogP contribution in [0.3, 0.4) is 0 Å². The molecule has 108 valence electrons. The molecule has 0 atom stereocenters. The van der Waals surface area contributed by atoms with E-state index in [0.717, 1.165) is 0 Å². The second-order valence-electron chi connectivity index (χ2n) is 3.53. The third-order valence-electron chi connectivity index (χ3n) is 2.17. The molecule has 1 aromatic heterocycles. The van der Waals surface area contributed by atoms with Gasteiger partial charge < -0.3 is 19.4 Å². The van der Waals surface area contributed by atoms with Crippen molar-refractivity contribution in [2.45, 2.75) is 13.8 Å². The lowest BCUT2D eigenvalue weighted by Gasteiger charge is -2.06. The molecular formula is C13H17N3O4. The summed E-state index contributed by atoms with van der Waals surface area (Å²) in [6, 6.07) is 0. The zero-order chi connectivity index (χ0) is 15.0. The van der Waals surface area contributed by atoms with Gasteiger partial charge in [0.15, 0.2) is 5.57 Å². The van der Waals surface area contributed by atoms with Crippen LogP contribution in [0.2, 0.25) is 0 Å². The number of ether oxygens (including phenoxy) is 2. The maximum absolute atomic E-state index is 11.7. The fourth-order valence-corrected chi connectivity index (χ4v) is 1.28. The summed E-state index contributed by atoms with van der Waals surface area (Å²) in [5, 5.41) is 2.73. The average molecular weight is 279 g/mol. The first-order valence-corrected chi connectivity index (χ1v) is 6.09. The number of imidazole rings is 1. The van der Waals surface area contributed by atoms with Crippen molar-refractivity contribution in [3.63, 3.8) is 0 Å². The summed E-state index contributed by atoms with van der Waals surface area (Å²) in [5.41, 5.74) is -0.221. The van der Waals surface area contributed by atoms with Crippen LogP contribution in [0.1, 0.15) is 13.8 Å². The normalized spacial score (nSPS) is 9.50. The third-order valence-corrected chi connectivity index (χ3v) is 2.17. The molecule has 0 aromatic carbocycles. The number of hydrogen-bond acceptors (Lipinski definition) is 6. The Morgan fingerprint density at radius 1 is 1.35 bits per heavy atom. The van der Waals surface area contributed by atoms with E-state index in [2.05, 4.69) is 16.9 Å². The summed E-state index contributed by atoms with van der Waals surface area (Å²) in [6.45, 7) is 7.22. The molecule has 1 heterocycles. The second kappa shape index (κ2) is 7.78. The molecular weight excluding hydrogens is 262 g/mol. The quantitative estimate of drug-likeness (QED) is 0.351. The first-order valence-electron chi connectivity index (χ1n) is 6.09. The van der Waals surface area contributed by atoms with Crippen LogP contribution >= 0.6 is 0 Å². The number of aromatic nitrogens is 2. The van der Waals surface area contributed by atoms with Crippen LogP contribution in [0.15, 0.2) is 30.9 Å². The van der Waals surface area contributed by atoms with Gasteiger partial charge >= 0.3 is 11.9 Å². The minimum absolute atomic E-state index is 0.167. The van der Waals surface area contributed by atoms with Gasteiger partial charge in [0.05, 0.1) is 19.4 Å². The molecule has 0 bridgehead atoms. The highest BCUT2D eigenvalue weighted by molar-refractivity contribution is 6.14. The molecule has 7 nitrogen and oxygen atoms in total. The van der Waals surface area contributed by atoms with Crippen molar-refractivity contribution in [3.8, 4) is 0 Å². The molecule has 0 unspecified atom stereocenters. The fraction of sp³-hybridized carbons (Fsp3) is 0.308. The van der Waals surface area contributed by atoms with Crippen molar-refractivity contribution in [2.24, 2.45) is 0 Å². The largest absolute Gasteiger partial charge is 0.462 e. The Balaban J connectivity index is 2.85. The Labute approximate surface area is 116 Å². The molecule has 0 saturated carbocycles. The molecule has 1 aromatic rings. The van der Waals surface area contributed by atoms with Gasteiger partial charge in [-0.05, 0) is 13.8 Å². The molecule has 20 heavy (non-hydrogen) atoms. The minimum Gasteiger partial charge on any atom is -0.462 e. The zero-order valence-corrected chi connectivity index (χ0v) is 11.5. The predicted octanol–water partition coefficient (Wildman–Crippen LogP) is 1.41. The van der Waals surface area contributed by atoms with Crippen LogP contribution < -0.4 is 5.32 Å². The van der Waals surface area contributed by atoms with E-state index < -0.39 is 11.9 Å². The van der Waals surface area contributed by atoms with Crippen molar-refractivity contribution in [1.82, 2.24) is 9.55 Å². The van der Waals surface area contributed by atoms with Gasteiger partial charge in [-0.3, -0.25) is 0 Å². The van der Waals surface area contributed by atoms with Crippen molar-refractivity contribution in [2.75, 3.05) is 18.5 Å². The van der Waals surface area contributed by atoms with E-state index in [1.807, 2.05) is 0 Å². The van der Waals surface area contributed by atoms with E-state index in [4.69, 9.17) is 9.47 Å². The first kappa shape index (κ1) is 15.5. The number of carbonyl (C=O) groups is 2. The van der Waals surface area contributed by atoms with Gasteiger partial charge in [-0.25, -0.2) is 14.6 Å². The highest BCUT2D eigenvalue weighted by atomic mass is 16.6. The Hall–Kier alpha value is -2.57. The molecule has 7 heteroatoms. The monoisotopic (exact) mass is 279 g/mol. The maximum Gasteiger partial charge on any atom is 0.347 e. The summed E-state index contributed by atoms with van der Waals surface area (Å²) in [4.78, 5) is 27.3. The van der Waals surface area contributed by atoms with Crippen molar-refractivity contribution < 1.29 is 19.1 Å². The Bertz CT molecular complexity index is 499. The number of nitrogens with one attached hydrogen (secondary N) is 1. The lowest BCUT2D eigenvalue weighted by Crippen LogP contribution is -2.19. The molecule has 1 N–H and O–H groups in total. The van der Waals surface area contributed by atoms with E-state index in [1.54, 1.807) is 30.8 Å². The SMILES string of the molecule is C=Cn1cnc(NC=C(C(=O)OCC)C(=O)OCC)c1. The third kappa shape index (κ3) is 4.27. The van der Waals surface area contributed by atoms with E-state index in [1.165, 1.54) is 12.5 Å². The summed E-state index contributed by atoms with van der Waals surface area (Å²) in [6.07, 6.45) is 5.93. The standard InChI is InChI=1S/C13H17N3O4/c1-4-16-8-11(15-9-16)14-7-10(12(17)19-5-2)13(18)20-6-3/h4,7-9,14H,1,5-6H2,2-3H3. The first-order chi connectivity index (χ1) is 9.62. The average Bonchev–Trinajstić information content (AvgIpc) is 2.87. The molecule has 0 aliphatic heterocycles. The smallest absolute Gasteiger partial charge is 0.347 e. The van der Waals surface area contributed by atoms with Crippen LogP contribution in [0.5, 0.6) is 0 Å². The lowest BCUT2D eigenvalue weighted by atomic mass is 10.3. The van der Waals surface area contributed by atoms with Gasteiger partial charge in [0.1, 0.15) is 12.1 Å². The highest BCUT2D eigenvalue weighted by Gasteiger charge is 2.20. The van der Waals surface area contributed by atoms with Gasteiger partial charge in [0, 0.05) is 12.4 Å². The summed E-state index contributed by atoms with van der Waals surface area (Å²) in [7, 11) is 0. The number of esters is 2. The van der Waals surface area contributed by atoms with Crippen LogP contribution in [-0.4, -0.2) is 34.7 Å². The van der Waals surface area contributed by atoms with E-state index in [0.29, 0.717) is 5.82 Å². The Morgan fingerprint density at radius 3 is 2.40 bits per heavy atom. The predicted molar refractivity (Wildman–Crippen MR) is 73.6 cm³/mol. The number of hydrogen-bond donors (Lipinski definition) is 1. The Morgan fingerprint density at radius 2 is 1.95 bits per heavy atom. The molecule has 0 saturated heterocycles. The number of carbonyl (C=O) groups excluding carboxylic acids is 2. The van der Waals surface area contributed by atoms with Gasteiger partial charge in [0.2, 0.25) is 0 Å². The van der Waals surface area contributed by atoms with Crippen molar-refractivity contribution >= 4 is 24.0 Å². The molecule has 0 spiro atoms.